The van der Waals surface area contributed by atoms with E-state index in [1.807, 2.05) is 0 Å². The highest BCUT2D eigenvalue weighted by atomic mass is 14.9. The second-order valence-corrected chi connectivity index (χ2v) is 6.08. The van der Waals surface area contributed by atoms with Crippen molar-refractivity contribution in [3.05, 3.63) is 36.0 Å². The summed E-state index contributed by atoms with van der Waals surface area (Å²) in [5, 5.41) is 1.33. The third-order valence-electron chi connectivity index (χ3n) is 4.33. The first-order valence-electron chi connectivity index (χ1n) is 8.63. The van der Waals surface area contributed by atoms with Crippen LogP contribution < -0.4 is 5.73 Å². The smallest absolute Gasteiger partial charge is 0.0483 e. The van der Waals surface area contributed by atoms with E-state index in [0.29, 0.717) is 6.54 Å². The summed E-state index contributed by atoms with van der Waals surface area (Å²) in [4.78, 5) is 0. The van der Waals surface area contributed by atoms with Crippen LogP contribution >= 0.6 is 0 Å². The van der Waals surface area contributed by atoms with Crippen molar-refractivity contribution in [1.82, 2.24) is 4.57 Å². The molecule has 0 atom stereocenters. The van der Waals surface area contributed by atoms with Gasteiger partial charge in [-0.25, -0.2) is 0 Å². The van der Waals surface area contributed by atoms with Gasteiger partial charge in [-0.1, -0.05) is 64.0 Å². The SMILES string of the molecule is CCCCCCCCCCn1ccc2ccc(CN)cc21. The van der Waals surface area contributed by atoms with Crippen molar-refractivity contribution in [1.29, 1.82) is 0 Å². The minimum Gasteiger partial charge on any atom is -0.347 e. The van der Waals surface area contributed by atoms with Crippen LogP contribution in [0.1, 0.15) is 63.9 Å². The standard InChI is InChI=1S/C19H30N2/c1-2-3-4-5-6-7-8-9-13-21-14-12-18-11-10-17(16-20)15-19(18)21/h10-12,14-15H,2-9,13,16,20H2,1H3. The van der Waals surface area contributed by atoms with E-state index >= 15 is 0 Å². The number of nitrogens with two attached hydrogens (primary N) is 1. The molecule has 0 saturated heterocycles. The number of rotatable bonds is 10. The molecule has 0 aliphatic carbocycles. The molecule has 0 saturated carbocycles. The molecule has 0 radical (unpaired) electrons. The van der Waals surface area contributed by atoms with Gasteiger partial charge < -0.3 is 10.3 Å². The Morgan fingerprint density at radius 3 is 2.33 bits per heavy atom. The molecule has 0 bridgehead atoms. The molecular weight excluding hydrogens is 256 g/mol. The van der Waals surface area contributed by atoms with Gasteiger partial charge in [0, 0.05) is 24.8 Å². The Balaban J connectivity index is 1.73. The summed E-state index contributed by atoms with van der Waals surface area (Å²) in [6, 6.07) is 8.76. The lowest BCUT2D eigenvalue weighted by Gasteiger charge is -2.07. The second-order valence-electron chi connectivity index (χ2n) is 6.08. The lowest BCUT2D eigenvalue weighted by Crippen LogP contribution is -1.99. The molecule has 2 nitrogen and oxygen atoms in total. The average Bonchev–Trinajstić information content (AvgIpc) is 2.92. The molecule has 1 aromatic carbocycles. The first-order valence-corrected chi connectivity index (χ1v) is 8.63. The van der Waals surface area contributed by atoms with Crippen molar-refractivity contribution in [2.75, 3.05) is 0 Å². The summed E-state index contributed by atoms with van der Waals surface area (Å²) in [5.41, 5.74) is 8.29. The number of benzene rings is 1. The highest BCUT2D eigenvalue weighted by Gasteiger charge is 2.02. The van der Waals surface area contributed by atoms with Gasteiger partial charge in [-0.05, 0) is 29.5 Å². The van der Waals surface area contributed by atoms with Crippen LogP contribution in [0.4, 0.5) is 0 Å². The summed E-state index contributed by atoms with van der Waals surface area (Å²) in [6.07, 6.45) is 13.2. The van der Waals surface area contributed by atoms with Gasteiger partial charge in [-0.2, -0.15) is 0 Å². The minimum absolute atomic E-state index is 0.624. The number of aryl methyl sites for hydroxylation is 1. The van der Waals surface area contributed by atoms with Crippen LogP contribution in [0.2, 0.25) is 0 Å². The highest BCUT2D eigenvalue weighted by Crippen LogP contribution is 2.18. The Bertz CT molecular complexity index is 527. The summed E-state index contributed by atoms with van der Waals surface area (Å²) in [5.74, 6) is 0. The molecule has 0 amide bonds. The zero-order valence-corrected chi connectivity index (χ0v) is 13.5. The van der Waals surface area contributed by atoms with Crippen molar-refractivity contribution < 1.29 is 0 Å². The van der Waals surface area contributed by atoms with E-state index in [4.69, 9.17) is 5.73 Å². The van der Waals surface area contributed by atoms with Crippen LogP contribution in [0.3, 0.4) is 0 Å². The fourth-order valence-electron chi connectivity index (χ4n) is 2.97. The Kier molecular flexibility index (Phi) is 6.81. The zero-order chi connectivity index (χ0) is 14.9. The molecule has 0 fully saturated rings. The molecule has 116 valence electrons. The van der Waals surface area contributed by atoms with Crippen molar-refractivity contribution in [2.24, 2.45) is 5.73 Å². The van der Waals surface area contributed by atoms with E-state index in [9.17, 15) is 0 Å². The molecule has 2 aromatic rings. The van der Waals surface area contributed by atoms with Crippen LogP contribution in [-0.4, -0.2) is 4.57 Å². The van der Waals surface area contributed by atoms with Gasteiger partial charge in [0.2, 0.25) is 0 Å². The van der Waals surface area contributed by atoms with Gasteiger partial charge in [0.15, 0.2) is 0 Å². The molecule has 2 heteroatoms. The maximum absolute atomic E-state index is 5.74. The summed E-state index contributed by atoms with van der Waals surface area (Å²) in [7, 11) is 0. The van der Waals surface area contributed by atoms with Crippen LogP contribution in [0, 0.1) is 0 Å². The molecule has 0 spiro atoms. The van der Waals surface area contributed by atoms with Gasteiger partial charge in [0.1, 0.15) is 0 Å². The predicted octanol–water partition coefficient (Wildman–Crippen LogP) is 5.24. The Morgan fingerprint density at radius 2 is 1.62 bits per heavy atom. The summed E-state index contributed by atoms with van der Waals surface area (Å²) < 4.78 is 2.38. The van der Waals surface area contributed by atoms with E-state index in [1.54, 1.807) is 0 Å². The number of fused-ring (bicyclic) bond motifs is 1. The van der Waals surface area contributed by atoms with Gasteiger partial charge in [-0.15, -0.1) is 0 Å². The second kappa shape index (κ2) is 8.89. The molecule has 2 rings (SSSR count). The first-order chi connectivity index (χ1) is 10.3. The lowest BCUT2D eigenvalue weighted by atomic mass is 10.1. The number of hydrogen-bond acceptors (Lipinski definition) is 1. The lowest BCUT2D eigenvalue weighted by molar-refractivity contribution is 0.549. The van der Waals surface area contributed by atoms with Gasteiger partial charge in [0.05, 0.1) is 0 Å². The van der Waals surface area contributed by atoms with Crippen LogP contribution in [0.5, 0.6) is 0 Å². The minimum atomic E-state index is 0.624. The zero-order valence-electron chi connectivity index (χ0n) is 13.5. The number of aromatic nitrogens is 1. The monoisotopic (exact) mass is 286 g/mol. The van der Waals surface area contributed by atoms with Gasteiger partial charge in [0.25, 0.3) is 0 Å². The topological polar surface area (TPSA) is 30.9 Å². The van der Waals surface area contributed by atoms with E-state index in [-0.39, 0.29) is 0 Å². The fraction of sp³-hybridized carbons (Fsp3) is 0.579. The van der Waals surface area contributed by atoms with Crippen molar-refractivity contribution in [3.8, 4) is 0 Å². The molecule has 0 aliphatic heterocycles. The van der Waals surface area contributed by atoms with Crippen molar-refractivity contribution in [3.63, 3.8) is 0 Å². The Labute approximate surface area is 129 Å². The largest absolute Gasteiger partial charge is 0.347 e. The quantitative estimate of drug-likeness (QED) is 0.595. The van der Waals surface area contributed by atoms with Crippen LogP contribution in [0.15, 0.2) is 30.5 Å². The molecule has 1 aromatic heterocycles. The first kappa shape index (κ1) is 16.1. The van der Waals surface area contributed by atoms with Crippen molar-refractivity contribution >= 4 is 10.9 Å². The van der Waals surface area contributed by atoms with E-state index in [2.05, 4.69) is 42.0 Å². The van der Waals surface area contributed by atoms with Gasteiger partial charge >= 0.3 is 0 Å². The van der Waals surface area contributed by atoms with E-state index in [0.717, 1.165) is 6.54 Å². The summed E-state index contributed by atoms with van der Waals surface area (Å²) >= 11 is 0. The van der Waals surface area contributed by atoms with Crippen LogP contribution in [-0.2, 0) is 13.1 Å². The maximum Gasteiger partial charge on any atom is 0.0483 e. The molecule has 0 aliphatic rings. The predicted molar refractivity (Wildman–Crippen MR) is 92.4 cm³/mol. The number of unbranched alkanes of at least 4 members (excludes halogenated alkanes) is 7. The number of hydrogen-bond donors (Lipinski definition) is 1. The summed E-state index contributed by atoms with van der Waals surface area (Å²) in [6.45, 7) is 4.03. The van der Waals surface area contributed by atoms with Crippen molar-refractivity contribution in [2.45, 2.75) is 71.4 Å². The highest BCUT2D eigenvalue weighted by molar-refractivity contribution is 5.80. The fourth-order valence-corrected chi connectivity index (χ4v) is 2.97. The Morgan fingerprint density at radius 1 is 0.905 bits per heavy atom. The van der Waals surface area contributed by atoms with E-state index in [1.165, 1.54) is 67.8 Å². The normalized spacial score (nSPS) is 11.3. The van der Waals surface area contributed by atoms with Crippen LogP contribution in [0.25, 0.3) is 10.9 Å². The molecule has 2 N–H and O–H groups in total. The third-order valence-corrected chi connectivity index (χ3v) is 4.33. The molecule has 21 heavy (non-hydrogen) atoms. The third kappa shape index (κ3) is 4.89. The maximum atomic E-state index is 5.74. The Hall–Kier alpha value is -1.28. The van der Waals surface area contributed by atoms with Gasteiger partial charge in [-0.3, -0.25) is 0 Å². The molecular formula is C19H30N2. The molecule has 0 unspecified atom stereocenters. The number of nitrogens with zero attached hydrogens (tertiary/aromatic N) is 1. The average molecular weight is 286 g/mol. The van der Waals surface area contributed by atoms with E-state index < -0.39 is 0 Å². The molecule has 1 heterocycles.